The number of carbonyl (C=O) groups is 1. The van der Waals surface area contributed by atoms with Crippen molar-refractivity contribution >= 4 is 6.09 Å². The minimum Gasteiger partial charge on any atom is -0.446 e. The summed E-state index contributed by atoms with van der Waals surface area (Å²) in [5.41, 5.74) is 0. The lowest BCUT2D eigenvalue weighted by Crippen LogP contribution is -2.53. The first-order chi connectivity index (χ1) is 7.77. The van der Waals surface area contributed by atoms with Gasteiger partial charge in [-0.1, -0.05) is 0 Å². The number of carbonyl (C=O) groups excluding carboxylic acids is 1. The first-order valence-electron chi connectivity index (χ1n) is 6.16. The fraction of sp³-hybridized carbons (Fsp3) is 0.909. The van der Waals surface area contributed by atoms with Crippen molar-refractivity contribution in [3.8, 4) is 0 Å². The topological polar surface area (TPSA) is 53.6 Å². The minimum atomic E-state index is -0.138. The Bertz CT molecular complexity index is 241. The molecule has 0 bridgehead atoms. The molecule has 2 N–H and O–H groups in total. The minimum absolute atomic E-state index is 0.107. The van der Waals surface area contributed by atoms with Crippen molar-refractivity contribution in [1.82, 2.24) is 15.5 Å². The molecule has 2 heterocycles. The maximum absolute atomic E-state index is 11.9. The zero-order valence-electron chi connectivity index (χ0n) is 9.87. The number of hydrogen-bond acceptors (Lipinski definition) is 4. The van der Waals surface area contributed by atoms with Gasteiger partial charge in [-0.25, -0.2) is 4.79 Å². The molecule has 92 valence electrons. The molecule has 0 aromatic heterocycles. The lowest BCUT2D eigenvalue weighted by molar-refractivity contribution is 0.0360. The number of amides is 1. The van der Waals surface area contributed by atoms with Crippen LogP contribution >= 0.6 is 0 Å². The van der Waals surface area contributed by atoms with Crippen LogP contribution in [0.2, 0.25) is 0 Å². The molecule has 0 radical (unpaired) electrons. The Hall–Kier alpha value is -0.810. The van der Waals surface area contributed by atoms with Crippen LogP contribution in [0.3, 0.4) is 0 Å². The molecule has 2 fully saturated rings. The van der Waals surface area contributed by atoms with Gasteiger partial charge in [0.2, 0.25) is 0 Å². The summed E-state index contributed by atoms with van der Waals surface area (Å²) in [4.78, 5) is 13.8. The second kappa shape index (κ2) is 5.50. The van der Waals surface area contributed by atoms with Crippen LogP contribution in [-0.4, -0.2) is 55.9 Å². The van der Waals surface area contributed by atoms with Crippen molar-refractivity contribution in [1.29, 1.82) is 0 Å². The Morgan fingerprint density at radius 1 is 1.25 bits per heavy atom. The third-order valence-corrected chi connectivity index (χ3v) is 3.29. The van der Waals surface area contributed by atoms with Crippen molar-refractivity contribution in [3.63, 3.8) is 0 Å². The predicted octanol–water partition coefficient (Wildman–Crippen LogP) is 0.169. The molecule has 0 aromatic carbocycles. The average molecular weight is 227 g/mol. The smallest absolute Gasteiger partial charge is 0.410 e. The Morgan fingerprint density at radius 2 is 2.00 bits per heavy atom. The number of rotatable bonds is 1. The van der Waals surface area contributed by atoms with Crippen molar-refractivity contribution in [3.05, 3.63) is 0 Å². The summed E-state index contributed by atoms with van der Waals surface area (Å²) in [6, 6.07) is 0.239. The van der Waals surface area contributed by atoms with Crippen molar-refractivity contribution < 1.29 is 9.53 Å². The second-order valence-corrected chi connectivity index (χ2v) is 4.58. The fourth-order valence-electron chi connectivity index (χ4n) is 2.24. The number of piperidine rings is 1. The average Bonchev–Trinajstić information content (AvgIpc) is 2.31. The highest BCUT2D eigenvalue weighted by Gasteiger charge is 2.26. The lowest BCUT2D eigenvalue weighted by atomic mass is 10.1. The van der Waals surface area contributed by atoms with Gasteiger partial charge in [-0.2, -0.15) is 0 Å². The van der Waals surface area contributed by atoms with Gasteiger partial charge >= 0.3 is 6.09 Å². The number of nitrogens with zero attached hydrogens (tertiary/aromatic N) is 1. The Morgan fingerprint density at radius 3 is 2.69 bits per heavy atom. The summed E-state index contributed by atoms with van der Waals surface area (Å²) < 4.78 is 5.52. The molecular formula is C11H21N3O2. The SMILES string of the molecule is CC1CNCCN1C(=O)OC1CCNCC1. The van der Waals surface area contributed by atoms with Gasteiger partial charge in [-0.3, -0.25) is 0 Å². The molecule has 5 heteroatoms. The third-order valence-electron chi connectivity index (χ3n) is 3.29. The van der Waals surface area contributed by atoms with Gasteiger partial charge in [0.1, 0.15) is 6.10 Å². The Labute approximate surface area is 96.5 Å². The Kier molecular flexibility index (Phi) is 4.01. The van der Waals surface area contributed by atoms with E-state index in [4.69, 9.17) is 4.74 Å². The monoisotopic (exact) mass is 227 g/mol. The maximum atomic E-state index is 11.9. The molecule has 1 atom stereocenters. The van der Waals surface area contributed by atoms with E-state index in [1.54, 1.807) is 0 Å². The molecule has 2 rings (SSSR count). The molecule has 1 unspecified atom stereocenters. The third kappa shape index (κ3) is 2.86. The zero-order valence-corrected chi connectivity index (χ0v) is 9.87. The van der Waals surface area contributed by atoms with Crippen LogP contribution in [0.5, 0.6) is 0 Å². The lowest BCUT2D eigenvalue weighted by Gasteiger charge is -2.34. The molecule has 5 nitrogen and oxygen atoms in total. The van der Waals surface area contributed by atoms with Crippen LogP contribution in [-0.2, 0) is 4.74 Å². The molecule has 0 saturated carbocycles. The standard InChI is InChI=1S/C11H21N3O2/c1-9-8-13-6-7-14(9)11(15)16-10-2-4-12-5-3-10/h9-10,12-13H,2-8H2,1H3. The van der Waals surface area contributed by atoms with Crippen molar-refractivity contribution in [2.45, 2.75) is 31.9 Å². The molecular weight excluding hydrogens is 206 g/mol. The van der Waals surface area contributed by atoms with Gasteiger partial charge in [0, 0.05) is 25.7 Å². The van der Waals surface area contributed by atoms with Gasteiger partial charge in [0.05, 0.1) is 0 Å². The van der Waals surface area contributed by atoms with Gasteiger partial charge in [-0.15, -0.1) is 0 Å². The molecule has 0 aromatic rings. The number of nitrogens with one attached hydrogen (secondary N) is 2. The summed E-state index contributed by atoms with van der Waals surface area (Å²) >= 11 is 0. The van der Waals surface area contributed by atoms with Crippen LogP contribution in [0.25, 0.3) is 0 Å². The van der Waals surface area contributed by atoms with E-state index in [9.17, 15) is 4.79 Å². The van der Waals surface area contributed by atoms with Crippen LogP contribution < -0.4 is 10.6 Å². The van der Waals surface area contributed by atoms with E-state index in [0.29, 0.717) is 0 Å². The van der Waals surface area contributed by atoms with Crippen LogP contribution in [0.1, 0.15) is 19.8 Å². The van der Waals surface area contributed by atoms with E-state index >= 15 is 0 Å². The van der Waals surface area contributed by atoms with Gasteiger partial charge < -0.3 is 20.3 Å². The largest absolute Gasteiger partial charge is 0.446 e. The van der Waals surface area contributed by atoms with Crippen molar-refractivity contribution in [2.75, 3.05) is 32.7 Å². The summed E-state index contributed by atoms with van der Waals surface area (Å²) in [5.74, 6) is 0. The van der Waals surface area contributed by atoms with E-state index < -0.39 is 0 Å². The predicted molar refractivity (Wildman–Crippen MR) is 61.4 cm³/mol. The molecule has 2 aliphatic rings. The van der Waals surface area contributed by atoms with E-state index in [2.05, 4.69) is 17.6 Å². The summed E-state index contributed by atoms with van der Waals surface area (Å²) in [6.45, 7) is 6.44. The van der Waals surface area contributed by atoms with E-state index in [1.165, 1.54) is 0 Å². The van der Waals surface area contributed by atoms with E-state index in [-0.39, 0.29) is 18.2 Å². The second-order valence-electron chi connectivity index (χ2n) is 4.58. The van der Waals surface area contributed by atoms with Gasteiger partial charge in [-0.05, 0) is 32.9 Å². The first-order valence-corrected chi connectivity index (χ1v) is 6.16. The molecule has 0 spiro atoms. The highest BCUT2D eigenvalue weighted by Crippen LogP contribution is 2.12. The summed E-state index contributed by atoms with van der Waals surface area (Å²) in [5, 5.41) is 6.52. The van der Waals surface area contributed by atoms with Gasteiger partial charge in [0.15, 0.2) is 0 Å². The highest BCUT2D eigenvalue weighted by atomic mass is 16.6. The zero-order chi connectivity index (χ0) is 11.4. The molecule has 2 saturated heterocycles. The fourth-order valence-corrected chi connectivity index (χ4v) is 2.24. The number of ether oxygens (including phenoxy) is 1. The quantitative estimate of drug-likeness (QED) is 0.670. The Balaban J connectivity index is 1.81. The summed E-state index contributed by atoms with van der Waals surface area (Å²) in [7, 11) is 0. The van der Waals surface area contributed by atoms with Crippen LogP contribution in [0.15, 0.2) is 0 Å². The van der Waals surface area contributed by atoms with Crippen LogP contribution in [0, 0.1) is 0 Å². The van der Waals surface area contributed by atoms with Crippen LogP contribution in [0.4, 0.5) is 4.79 Å². The molecule has 16 heavy (non-hydrogen) atoms. The molecule has 1 amide bonds. The maximum Gasteiger partial charge on any atom is 0.410 e. The van der Waals surface area contributed by atoms with Crippen molar-refractivity contribution in [2.24, 2.45) is 0 Å². The van der Waals surface area contributed by atoms with E-state index in [0.717, 1.165) is 45.6 Å². The van der Waals surface area contributed by atoms with Gasteiger partial charge in [0.25, 0.3) is 0 Å². The molecule has 0 aliphatic carbocycles. The van der Waals surface area contributed by atoms with E-state index in [1.807, 2.05) is 4.90 Å². The normalized spacial score (nSPS) is 27.8. The first kappa shape index (κ1) is 11.7. The number of piperazine rings is 1. The molecule has 2 aliphatic heterocycles. The highest BCUT2D eigenvalue weighted by molar-refractivity contribution is 5.68. The number of hydrogen-bond donors (Lipinski definition) is 2. The summed E-state index contributed by atoms with van der Waals surface area (Å²) in [6.07, 6.45) is 1.84.